The Balaban J connectivity index is 1.41. The van der Waals surface area contributed by atoms with Crippen molar-refractivity contribution >= 4 is 51.5 Å². The third kappa shape index (κ3) is 3.56. The van der Waals surface area contributed by atoms with Crippen LogP contribution in [-0.2, 0) is 16.1 Å². The number of allylic oxidation sites excluding steroid dienone is 2. The topological polar surface area (TPSA) is 107 Å². The van der Waals surface area contributed by atoms with Crippen LogP contribution in [0.1, 0.15) is 23.9 Å². The molecule has 2 amide bonds. The van der Waals surface area contributed by atoms with Crippen molar-refractivity contribution < 1.29 is 19.1 Å². The number of halogens is 3. The number of anilines is 1. The van der Waals surface area contributed by atoms with Crippen LogP contribution in [0.25, 0.3) is 16.5 Å². The largest absolute Gasteiger partial charge is 0.507 e. The molecule has 9 nitrogen and oxygen atoms in total. The van der Waals surface area contributed by atoms with Crippen molar-refractivity contribution in [3.63, 3.8) is 0 Å². The van der Waals surface area contributed by atoms with Crippen LogP contribution in [0.15, 0.2) is 112 Å². The Kier molecular flexibility index (Phi) is 6.07. The number of alkyl halides is 2. The molecular formula is C34H23Cl2FN4O5. The number of aromatic nitrogens is 3. The lowest BCUT2D eigenvalue weighted by molar-refractivity contribution is -0.122. The molecule has 1 N–H and O–H groups in total. The summed E-state index contributed by atoms with van der Waals surface area (Å²) >= 11 is 14.9. The van der Waals surface area contributed by atoms with Crippen LogP contribution >= 0.6 is 23.2 Å². The first kappa shape index (κ1) is 28.5. The third-order valence-electron chi connectivity index (χ3n) is 9.42. The Labute approximate surface area is 269 Å². The van der Waals surface area contributed by atoms with Gasteiger partial charge in [0.05, 0.1) is 24.0 Å². The number of imide groups is 1. The van der Waals surface area contributed by atoms with E-state index >= 15 is 0 Å². The predicted octanol–water partition coefficient (Wildman–Crippen LogP) is 5.00. The number of rotatable bonds is 3. The van der Waals surface area contributed by atoms with Crippen LogP contribution in [0.2, 0.25) is 0 Å². The van der Waals surface area contributed by atoms with Crippen molar-refractivity contribution in [1.29, 1.82) is 0 Å². The van der Waals surface area contributed by atoms with E-state index in [1.165, 1.54) is 27.6 Å². The number of amides is 2. The maximum absolute atomic E-state index is 14.6. The molecule has 0 spiro atoms. The van der Waals surface area contributed by atoms with Gasteiger partial charge in [0, 0.05) is 17.7 Å². The molecule has 5 aromatic rings. The Morgan fingerprint density at radius 2 is 1.43 bits per heavy atom. The summed E-state index contributed by atoms with van der Waals surface area (Å²) < 4.78 is 17.5. The highest BCUT2D eigenvalue weighted by atomic mass is 35.5. The van der Waals surface area contributed by atoms with E-state index in [9.17, 15) is 28.7 Å². The number of aromatic hydroxyl groups is 1. The van der Waals surface area contributed by atoms with E-state index in [-0.39, 0.29) is 24.4 Å². The number of hydrogen-bond acceptors (Lipinski definition) is 5. The van der Waals surface area contributed by atoms with Gasteiger partial charge in [0.15, 0.2) is 9.75 Å². The summed E-state index contributed by atoms with van der Waals surface area (Å²) in [4.78, 5) is 53.4. The number of phenols is 1. The minimum Gasteiger partial charge on any atom is -0.507 e. The average molecular weight is 657 g/mol. The Hall–Kier alpha value is -4.93. The normalized spacial score (nSPS) is 25.3. The maximum Gasteiger partial charge on any atom is 0.352 e. The second-order valence-corrected chi connectivity index (χ2v) is 12.9. The predicted molar refractivity (Wildman–Crippen MR) is 170 cm³/mol. The van der Waals surface area contributed by atoms with E-state index in [1.54, 1.807) is 66.7 Å². The fourth-order valence-corrected chi connectivity index (χ4v) is 8.27. The van der Waals surface area contributed by atoms with Crippen molar-refractivity contribution in [2.75, 3.05) is 4.90 Å². The molecule has 0 bridgehead atoms. The number of hydrogen-bond donors (Lipinski definition) is 1. The highest BCUT2D eigenvalue weighted by molar-refractivity contribution is 6.58. The minimum absolute atomic E-state index is 0.00292. The van der Waals surface area contributed by atoms with Crippen LogP contribution in [0.3, 0.4) is 0 Å². The zero-order valence-electron chi connectivity index (χ0n) is 23.8. The molecular weight excluding hydrogens is 634 g/mol. The molecule has 2 fully saturated rings. The molecule has 0 radical (unpaired) electrons. The number of carbonyl (C=O) groups excluding carboxylic acids is 2. The quantitative estimate of drug-likeness (QED) is 0.167. The van der Waals surface area contributed by atoms with Gasteiger partial charge in [0.25, 0.3) is 11.8 Å². The van der Waals surface area contributed by atoms with Crippen molar-refractivity contribution in [3.8, 4) is 11.4 Å². The Morgan fingerprint density at radius 3 is 2.15 bits per heavy atom. The van der Waals surface area contributed by atoms with Crippen LogP contribution < -0.4 is 16.3 Å². The van der Waals surface area contributed by atoms with Gasteiger partial charge in [-0.3, -0.25) is 9.59 Å². The number of benzene rings is 4. The van der Waals surface area contributed by atoms with Gasteiger partial charge in [0.2, 0.25) is 0 Å². The maximum atomic E-state index is 14.6. The number of nitrogens with zero attached hydrogens (tertiary/aromatic N) is 4. The Morgan fingerprint density at radius 1 is 0.761 bits per heavy atom. The van der Waals surface area contributed by atoms with Gasteiger partial charge < -0.3 is 5.11 Å². The lowest BCUT2D eigenvalue weighted by atomic mass is 9.63. The van der Waals surface area contributed by atoms with Crippen molar-refractivity contribution in [2.24, 2.45) is 0 Å². The van der Waals surface area contributed by atoms with Crippen LogP contribution in [0, 0.1) is 5.82 Å². The molecule has 2 aliphatic heterocycles. The first-order valence-electron chi connectivity index (χ1n) is 14.5. The molecule has 46 heavy (non-hydrogen) atoms. The molecule has 3 aliphatic rings. The molecule has 3 heterocycles. The summed E-state index contributed by atoms with van der Waals surface area (Å²) in [6, 6.07) is 22.5. The van der Waals surface area contributed by atoms with Gasteiger partial charge in [-0.2, -0.15) is 0 Å². The van der Waals surface area contributed by atoms with Gasteiger partial charge in [0.1, 0.15) is 11.6 Å². The lowest BCUT2D eigenvalue weighted by Gasteiger charge is -2.49. The second-order valence-electron chi connectivity index (χ2n) is 11.7. The summed E-state index contributed by atoms with van der Waals surface area (Å²) in [5.74, 6) is -3.29. The van der Waals surface area contributed by atoms with Gasteiger partial charge in [-0.05, 0) is 59.0 Å². The van der Waals surface area contributed by atoms with Gasteiger partial charge in [-0.15, -0.1) is 23.2 Å². The van der Waals surface area contributed by atoms with Crippen LogP contribution in [0.4, 0.5) is 10.1 Å². The fourth-order valence-electron chi connectivity index (χ4n) is 7.36. The molecule has 4 unspecified atom stereocenters. The lowest BCUT2D eigenvalue weighted by Crippen LogP contribution is -2.59. The molecule has 1 saturated carbocycles. The summed E-state index contributed by atoms with van der Waals surface area (Å²) in [6.07, 6.45) is 1.46. The zero-order valence-corrected chi connectivity index (χ0v) is 25.3. The fraction of sp³-hybridized carbons (Fsp3) is 0.176. The summed E-state index contributed by atoms with van der Waals surface area (Å²) in [5, 5.41) is 11.8. The first-order valence-corrected chi connectivity index (χ1v) is 15.3. The summed E-state index contributed by atoms with van der Waals surface area (Å²) in [7, 11) is 0. The molecule has 4 atom stereocenters. The standard InChI is InChI=1S/C34H23Cl2FN4O5/c35-33-18-26-25(16-17-38-31(45)40(32(46)41(26)38)20-6-2-1-3-7-20)28(24-14-15-27(42)23-9-5-4-8-22(23)24)34(33,36)30(44)39(29(33)43)21-12-10-19(37)11-13-21/h1-16,26,28,42H,17-18H2. The SMILES string of the molecule is O=C1N(c2ccc(F)cc2)C(=O)C2(Cl)C(c3ccc(O)c4ccccc34)C3=CCn4c(=O)n(-c5ccccc5)c(=O)n4C3CC12Cl. The molecule has 8 rings (SSSR count). The van der Waals surface area contributed by atoms with E-state index in [0.29, 0.717) is 27.6 Å². The molecule has 12 heteroatoms. The number of para-hydroxylation sites is 1. The van der Waals surface area contributed by atoms with E-state index < -0.39 is 50.7 Å². The highest BCUT2D eigenvalue weighted by Gasteiger charge is 2.75. The summed E-state index contributed by atoms with van der Waals surface area (Å²) in [5.41, 5.74) is 0.254. The van der Waals surface area contributed by atoms with Crippen molar-refractivity contribution in [1.82, 2.24) is 13.9 Å². The molecule has 4 aromatic carbocycles. The smallest absolute Gasteiger partial charge is 0.352 e. The van der Waals surface area contributed by atoms with Crippen LogP contribution in [-0.4, -0.2) is 40.6 Å². The van der Waals surface area contributed by atoms with E-state index in [2.05, 4.69) is 0 Å². The van der Waals surface area contributed by atoms with E-state index in [4.69, 9.17) is 23.2 Å². The number of fused-ring (bicyclic) bond motifs is 5. The summed E-state index contributed by atoms with van der Waals surface area (Å²) in [6.45, 7) is -0.0156. The third-order valence-corrected chi connectivity index (χ3v) is 10.8. The van der Waals surface area contributed by atoms with Gasteiger partial charge in [-0.25, -0.2) is 32.8 Å². The van der Waals surface area contributed by atoms with Crippen molar-refractivity contribution in [3.05, 3.63) is 135 Å². The highest BCUT2D eigenvalue weighted by Crippen LogP contribution is 2.64. The van der Waals surface area contributed by atoms with Gasteiger partial charge >= 0.3 is 11.4 Å². The monoisotopic (exact) mass is 656 g/mol. The Bertz CT molecular complexity index is 2280. The molecule has 1 aromatic heterocycles. The van der Waals surface area contributed by atoms with Crippen molar-refractivity contribution in [2.45, 2.75) is 34.7 Å². The van der Waals surface area contributed by atoms with Crippen LogP contribution in [0.5, 0.6) is 5.75 Å². The average Bonchev–Trinajstić information content (AvgIpc) is 3.40. The zero-order chi connectivity index (χ0) is 32.1. The van der Waals surface area contributed by atoms with E-state index in [0.717, 1.165) is 21.6 Å². The molecule has 1 aliphatic carbocycles. The van der Waals surface area contributed by atoms with E-state index in [1.807, 2.05) is 0 Å². The van der Waals surface area contributed by atoms with Gasteiger partial charge in [-0.1, -0.05) is 54.6 Å². The molecule has 230 valence electrons. The number of phenolic OH excluding ortho intramolecular Hbond substituents is 1. The second kappa shape index (κ2) is 9.78. The molecule has 1 saturated heterocycles. The first-order chi connectivity index (χ1) is 22.1. The number of carbonyl (C=O) groups is 2. The minimum atomic E-state index is -2.11.